The van der Waals surface area contributed by atoms with Crippen molar-refractivity contribution in [2.75, 3.05) is 5.01 Å². The lowest BCUT2D eigenvalue weighted by Gasteiger charge is -2.31. The summed E-state index contributed by atoms with van der Waals surface area (Å²) in [6.07, 6.45) is 0. The summed E-state index contributed by atoms with van der Waals surface area (Å²) in [7, 11) is 0. The van der Waals surface area contributed by atoms with Gasteiger partial charge in [-0.25, -0.2) is 18.8 Å². The summed E-state index contributed by atoms with van der Waals surface area (Å²) in [4.78, 5) is 30.2. The number of para-hydroxylation sites is 1. The Morgan fingerprint density at radius 1 is 0.848 bits per heavy atom. The van der Waals surface area contributed by atoms with E-state index in [0.717, 1.165) is 34.7 Å². The van der Waals surface area contributed by atoms with Crippen LogP contribution in [-0.4, -0.2) is 21.9 Å². The maximum Gasteiger partial charge on any atom is 0.280 e. The van der Waals surface area contributed by atoms with Crippen LogP contribution in [-0.2, 0) is 15.2 Å². The maximum absolute atomic E-state index is 13.5. The molecular formula is C25H19F2N3O3. The van der Waals surface area contributed by atoms with Gasteiger partial charge in [0.25, 0.3) is 5.91 Å². The summed E-state index contributed by atoms with van der Waals surface area (Å²) in [5.41, 5.74) is 0.715. The second-order valence-corrected chi connectivity index (χ2v) is 7.38. The lowest BCUT2D eigenvalue weighted by atomic mass is 9.85. The van der Waals surface area contributed by atoms with Gasteiger partial charge in [0.15, 0.2) is 11.4 Å². The largest absolute Gasteiger partial charge is 0.372 e. The first kappa shape index (κ1) is 22.0. The Morgan fingerprint density at radius 3 is 1.94 bits per heavy atom. The minimum atomic E-state index is -2.36. The SMILES string of the molecule is CC(=O)N(NC(=O)C(O)(c1ccc(F)cc1)c1ccc(F)cc1)c1ccc2ccccc2n1. The third-order valence-electron chi connectivity index (χ3n) is 5.19. The minimum Gasteiger partial charge on any atom is -0.372 e. The summed E-state index contributed by atoms with van der Waals surface area (Å²) < 4.78 is 27.0. The number of nitrogens with zero attached hydrogens (tertiary/aromatic N) is 2. The number of hydrazine groups is 1. The van der Waals surface area contributed by atoms with Gasteiger partial charge >= 0.3 is 0 Å². The smallest absolute Gasteiger partial charge is 0.280 e. The lowest BCUT2D eigenvalue weighted by Crippen LogP contribution is -2.54. The van der Waals surface area contributed by atoms with E-state index in [1.165, 1.54) is 31.2 Å². The normalized spacial score (nSPS) is 11.3. The Balaban J connectivity index is 1.76. The van der Waals surface area contributed by atoms with E-state index in [9.17, 15) is 23.5 Å². The van der Waals surface area contributed by atoms with Crippen molar-refractivity contribution in [3.05, 3.63) is 108 Å². The van der Waals surface area contributed by atoms with Crippen LogP contribution < -0.4 is 10.4 Å². The van der Waals surface area contributed by atoms with Gasteiger partial charge in [0.05, 0.1) is 5.52 Å². The molecule has 2 amide bonds. The number of halogens is 2. The molecule has 0 bridgehead atoms. The topological polar surface area (TPSA) is 82.5 Å². The highest BCUT2D eigenvalue weighted by Gasteiger charge is 2.41. The highest BCUT2D eigenvalue weighted by atomic mass is 19.1. The van der Waals surface area contributed by atoms with Crippen LogP contribution in [0.4, 0.5) is 14.6 Å². The van der Waals surface area contributed by atoms with Crippen molar-refractivity contribution in [1.29, 1.82) is 0 Å². The molecule has 0 saturated heterocycles. The summed E-state index contributed by atoms with van der Waals surface area (Å²) in [5.74, 6) is -2.56. The molecule has 0 unspecified atom stereocenters. The van der Waals surface area contributed by atoms with Gasteiger partial charge < -0.3 is 5.11 Å². The van der Waals surface area contributed by atoms with Crippen LogP contribution in [0.1, 0.15) is 18.1 Å². The first-order valence-corrected chi connectivity index (χ1v) is 10.0. The zero-order valence-electron chi connectivity index (χ0n) is 17.5. The van der Waals surface area contributed by atoms with Crippen LogP contribution in [0.15, 0.2) is 84.9 Å². The summed E-state index contributed by atoms with van der Waals surface area (Å²) in [5, 5.41) is 13.3. The Kier molecular flexibility index (Phi) is 5.85. The van der Waals surface area contributed by atoms with E-state index in [1.54, 1.807) is 24.3 Å². The predicted octanol–water partition coefficient (Wildman–Crippen LogP) is 3.83. The number of fused-ring (bicyclic) bond motifs is 1. The van der Waals surface area contributed by atoms with Crippen molar-refractivity contribution in [2.45, 2.75) is 12.5 Å². The summed E-state index contributed by atoms with van der Waals surface area (Å²) >= 11 is 0. The van der Waals surface area contributed by atoms with Gasteiger partial charge in [-0.1, -0.05) is 42.5 Å². The zero-order valence-corrected chi connectivity index (χ0v) is 17.5. The second kappa shape index (κ2) is 8.76. The number of aliphatic hydroxyl groups is 1. The average molecular weight is 447 g/mol. The van der Waals surface area contributed by atoms with Crippen molar-refractivity contribution in [2.24, 2.45) is 0 Å². The van der Waals surface area contributed by atoms with Crippen molar-refractivity contribution >= 4 is 28.5 Å². The molecule has 0 fully saturated rings. The molecule has 33 heavy (non-hydrogen) atoms. The monoisotopic (exact) mass is 447 g/mol. The molecule has 2 N–H and O–H groups in total. The number of benzene rings is 3. The Hall–Kier alpha value is -4.17. The minimum absolute atomic E-state index is 0.0305. The molecular weight excluding hydrogens is 428 g/mol. The molecule has 6 nitrogen and oxygen atoms in total. The highest BCUT2D eigenvalue weighted by Crippen LogP contribution is 2.31. The standard InChI is InChI=1S/C25H19F2N3O3/c1-16(31)30(23-15-6-17-4-2-3-5-22(17)28-23)29-24(32)25(33,18-7-11-20(26)12-8-18)19-9-13-21(27)14-10-19/h2-15,33H,1H3,(H,29,32). The van der Waals surface area contributed by atoms with Crippen molar-refractivity contribution < 1.29 is 23.5 Å². The number of rotatable bonds is 4. The van der Waals surface area contributed by atoms with Gasteiger partial charge in [-0.15, -0.1) is 0 Å². The van der Waals surface area contributed by atoms with Gasteiger partial charge in [0.1, 0.15) is 11.6 Å². The number of carbonyl (C=O) groups is 2. The second-order valence-electron chi connectivity index (χ2n) is 7.38. The van der Waals surface area contributed by atoms with Crippen LogP contribution in [0.25, 0.3) is 10.9 Å². The Morgan fingerprint density at radius 2 is 1.39 bits per heavy atom. The van der Waals surface area contributed by atoms with E-state index >= 15 is 0 Å². The molecule has 8 heteroatoms. The number of anilines is 1. The number of amides is 2. The van der Waals surface area contributed by atoms with Gasteiger partial charge in [-0.3, -0.25) is 15.0 Å². The first-order chi connectivity index (χ1) is 15.8. The number of aromatic nitrogens is 1. The fourth-order valence-electron chi connectivity index (χ4n) is 3.47. The van der Waals surface area contributed by atoms with E-state index in [-0.39, 0.29) is 16.9 Å². The lowest BCUT2D eigenvalue weighted by molar-refractivity contribution is -0.138. The molecule has 0 aliphatic carbocycles. The van der Waals surface area contributed by atoms with Crippen LogP contribution in [0.2, 0.25) is 0 Å². The number of carbonyl (C=O) groups excluding carboxylic acids is 2. The predicted molar refractivity (Wildman–Crippen MR) is 119 cm³/mol. The molecule has 0 aliphatic rings. The van der Waals surface area contributed by atoms with Crippen LogP contribution >= 0.6 is 0 Å². The Labute approximate surface area is 188 Å². The third-order valence-corrected chi connectivity index (χ3v) is 5.19. The highest BCUT2D eigenvalue weighted by molar-refractivity contribution is 5.98. The fourth-order valence-corrected chi connectivity index (χ4v) is 3.47. The number of nitrogens with one attached hydrogen (secondary N) is 1. The zero-order chi connectivity index (χ0) is 23.6. The molecule has 0 saturated carbocycles. The quantitative estimate of drug-likeness (QED) is 0.466. The van der Waals surface area contributed by atoms with E-state index in [0.29, 0.717) is 5.52 Å². The van der Waals surface area contributed by atoms with Gasteiger partial charge in [0, 0.05) is 12.3 Å². The molecule has 0 spiro atoms. The fraction of sp³-hybridized carbons (Fsp3) is 0.0800. The van der Waals surface area contributed by atoms with Crippen molar-refractivity contribution in [3.8, 4) is 0 Å². The average Bonchev–Trinajstić information content (AvgIpc) is 2.82. The molecule has 4 rings (SSSR count). The molecule has 1 aromatic heterocycles. The number of pyridine rings is 1. The molecule has 3 aromatic carbocycles. The number of hydrogen-bond acceptors (Lipinski definition) is 4. The third kappa shape index (κ3) is 4.28. The van der Waals surface area contributed by atoms with E-state index in [4.69, 9.17) is 0 Å². The molecule has 166 valence electrons. The van der Waals surface area contributed by atoms with Gasteiger partial charge in [-0.05, 0) is 53.6 Å². The summed E-state index contributed by atoms with van der Waals surface area (Å²) in [6, 6.07) is 19.9. The maximum atomic E-state index is 13.5. The van der Waals surface area contributed by atoms with Gasteiger partial charge in [-0.2, -0.15) is 0 Å². The van der Waals surface area contributed by atoms with E-state index < -0.39 is 29.0 Å². The van der Waals surface area contributed by atoms with Crippen molar-refractivity contribution in [3.63, 3.8) is 0 Å². The van der Waals surface area contributed by atoms with Crippen molar-refractivity contribution in [1.82, 2.24) is 10.4 Å². The first-order valence-electron chi connectivity index (χ1n) is 10.0. The summed E-state index contributed by atoms with van der Waals surface area (Å²) in [6.45, 7) is 1.23. The van der Waals surface area contributed by atoms with Crippen LogP contribution in [0.5, 0.6) is 0 Å². The van der Waals surface area contributed by atoms with E-state index in [2.05, 4.69) is 10.4 Å². The molecule has 4 aromatic rings. The Bertz CT molecular complexity index is 1280. The van der Waals surface area contributed by atoms with Crippen LogP contribution in [0, 0.1) is 11.6 Å². The molecule has 0 aliphatic heterocycles. The number of hydrogen-bond donors (Lipinski definition) is 2. The molecule has 0 radical (unpaired) electrons. The molecule has 0 atom stereocenters. The van der Waals surface area contributed by atoms with Crippen LogP contribution in [0.3, 0.4) is 0 Å². The van der Waals surface area contributed by atoms with E-state index in [1.807, 2.05) is 12.1 Å². The van der Waals surface area contributed by atoms with Gasteiger partial charge in [0.2, 0.25) is 5.91 Å². The molecule has 1 heterocycles.